The monoisotopic (exact) mass is 273 g/mol. The Morgan fingerprint density at radius 3 is 2.47 bits per heavy atom. The van der Waals surface area contributed by atoms with Crippen LogP contribution in [0.1, 0.15) is 30.6 Å². The molecule has 0 aromatic heterocycles. The molecule has 2 rings (SSSR count). The van der Waals surface area contributed by atoms with E-state index in [0.717, 1.165) is 6.07 Å². The normalized spacial score (nSPS) is 21.8. The molecule has 1 N–H and O–H groups in total. The standard InChI is InChI=1S/C13H14F3NO2/c1-13(2)9(18)5-6-17(13)12(19)7-3-4-8(14)11(16)10(7)15/h3-4,9,18H,5-6H2,1-2H3. The number of carbonyl (C=O) groups excluding carboxylic acids is 1. The van der Waals surface area contributed by atoms with Gasteiger partial charge in [0.25, 0.3) is 5.91 Å². The van der Waals surface area contributed by atoms with Crippen molar-refractivity contribution in [2.45, 2.75) is 31.9 Å². The largest absolute Gasteiger partial charge is 0.391 e. The summed E-state index contributed by atoms with van der Waals surface area (Å²) in [5, 5.41) is 9.77. The van der Waals surface area contributed by atoms with E-state index in [1.54, 1.807) is 13.8 Å². The summed E-state index contributed by atoms with van der Waals surface area (Å²) in [7, 11) is 0. The number of aliphatic hydroxyl groups excluding tert-OH is 1. The molecular weight excluding hydrogens is 259 g/mol. The zero-order valence-electron chi connectivity index (χ0n) is 10.6. The van der Waals surface area contributed by atoms with Crippen LogP contribution >= 0.6 is 0 Å². The number of hydrogen-bond donors (Lipinski definition) is 1. The number of aliphatic hydroxyl groups is 1. The van der Waals surface area contributed by atoms with Crippen molar-refractivity contribution in [3.05, 3.63) is 35.1 Å². The van der Waals surface area contributed by atoms with E-state index in [1.807, 2.05) is 0 Å². The van der Waals surface area contributed by atoms with Crippen LogP contribution in [0.25, 0.3) is 0 Å². The highest BCUT2D eigenvalue weighted by Gasteiger charge is 2.43. The van der Waals surface area contributed by atoms with Crippen molar-refractivity contribution >= 4 is 5.91 Å². The number of likely N-dealkylation sites (tertiary alicyclic amines) is 1. The van der Waals surface area contributed by atoms with Gasteiger partial charge in [0.2, 0.25) is 0 Å². The van der Waals surface area contributed by atoms with E-state index < -0.39 is 40.6 Å². The van der Waals surface area contributed by atoms with Crippen LogP contribution in [0.2, 0.25) is 0 Å². The van der Waals surface area contributed by atoms with Crippen molar-refractivity contribution < 1.29 is 23.1 Å². The Bertz CT molecular complexity index is 531. The molecule has 1 amide bonds. The molecule has 0 aliphatic carbocycles. The molecule has 1 aromatic carbocycles. The van der Waals surface area contributed by atoms with E-state index in [2.05, 4.69) is 0 Å². The lowest BCUT2D eigenvalue weighted by atomic mass is 9.98. The molecule has 1 unspecified atom stereocenters. The van der Waals surface area contributed by atoms with Gasteiger partial charge < -0.3 is 10.0 Å². The summed E-state index contributed by atoms with van der Waals surface area (Å²) in [6, 6.07) is 1.63. The predicted molar refractivity (Wildman–Crippen MR) is 62.1 cm³/mol. The van der Waals surface area contributed by atoms with Crippen molar-refractivity contribution in [3.63, 3.8) is 0 Å². The fraction of sp³-hybridized carbons (Fsp3) is 0.462. The van der Waals surface area contributed by atoms with Gasteiger partial charge in [-0.25, -0.2) is 13.2 Å². The maximum absolute atomic E-state index is 13.6. The number of rotatable bonds is 1. The number of benzene rings is 1. The van der Waals surface area contributed by atoms with Gasteiger partial charge in [-0.1, -0.05) is 0 Å². The molecule has 1 aromatic rings. The van der Waals surface area contributed by atoms with Crippen molar-refractivity contribution in [3.8, 4) is 0 Å². The lowest BCUT2D eigenvalue weighted by Gasteiger charge is -2.33. The average molecular weight is 273 g/mol. The Kier molecular flexibility index (Phi) is 3.30. The number of carbonyl (C=O) groups is 1. The molecule has 1 aliphatic heterocycles. The topological polar surface area (TPSA) is 40.5 Å². The highest BCUT2D eigenvalue weighted by Crippen LogP contribution is 2.31. The third kappa shape index (κ3) is 2.10. The summed E-state index contributed by atoms with van der Waals surface area (Å²) in [5.74, 6) is -5.25. The first-order chi connectivity index (χ1) is 8.76. The molecule has 0 bridgehead atoms. The molecule has 1 saturated heterocycles. The smallest absolute Gasteiger partial charge is 0.257 e. The van der Waals surface area contributed by atoms with Gasteiger partial charge in [-0.2, -0.15) is 0 Å². The van der Waals surface area contributed by atoms with Gasteiger partial charge in [-0.05, 0) is 32.4 Å². The van der Waals surface area contributed by atoms with E-state index in [0.29, 0.717) is 12.5 Å². The fourth-order valence-electron chi connectivity index (χ4n) is 2.27. The molecule has 1 atom stereocenters. The fourth-order valence-corrected chi connectivity index (χ4v) is 2.27. The molecule has 1 heterocycles. The Hall–Kier alpha value is -1.56. The van der Waals surface area contributed by atoms with Crippen molar-refractivity contribution in [1.29, 1.82) is 0 Å². The first-order valence-corrected chi connectivity index (χ1v) is 5.90. The zero-order valence-corrected chi connectivity index (χ0v) is 10.6. The predicted octanol–water partition coefficient (Wildman–Crippen LogP) is 2.09. The first-order valence-electron chi connectivity index (χ1n) is 5.90. The lowest BCUT2D eigenvalue weighted by molar-refractivity contribution is 0.0390. The van der Waals surface area contributed by atoms with E-state index in [-0.39, 0.29) is 6.54 Å². The first kappa shape index (κ1) is 13.9. The molecule has 1 aliphatic rings. The van der Waals surface area contributed by atoms with Gasteiger partial charge in [0.15, 0.2) is 17.5 Å². The van der Waals surface area contributed by atoms with Gasteiger partial charge in [0.1, 0.15) is 0 Å². The zero-order chi connectivity index (χ0) is 14.4. The quantitative estimate of drug-likeness (QED) is 0.796. The van der Waals surface area contributed by atoms with Crippen molar-refractivity contribution in [2.75, 3.05) is 6.54 Å². The second-order valence-electron chi connectivity index (χ2n) is 5.14. The Morgan fingerprint density at radius 1 is 1.32 bits per heavy atom. The minimum absolute atomic E-state index is 0.242. The van der Waals surface area contributed by atoms with Crippen molar-refractivity contribution in [2.24, 2.45) is 0 Å². The number of hydrogen-bond acceptors (Lipinski definition) is 2. The molecule has 1 fully saturated rings. The van der Waals surface area contributed by atoms with Crippen LogP contribution < -0.4 is 0 Å². The Morgan fingerprint density at radius 2 is 1.95 bits per heavy atom. The molecule has 0 saturated carbocycles. The Labute approximate surface area is 108 Å². The van der Waals surface area contributed by atoms with E-state index >= 15 is 0 Å². The molecule has 0 spiro atoms. The average Bonchev–Trinajstić information content (AvgIpc) is 2.61. The minimum Gasteiger partial charge on any atom is -0.391 e. The Balaban J connectivity index is 2.39. The van der Waals surface area contributed by atoms with Crippen LogP contribution in [-0.2, 0) is 0 Å². The van der Waals surface area contributed by atoms with Gasteiger partial charge in [0.05, 0.1) is 17.2 Å². The lowest BCUT2D eigenvalue weighted by Crippen LogP contribution is -2.48. The van der Waals surface area contributed by atoms with Gasteiger partial charge in [0, 0.05) is 6.54 Å². The maximum Gasteiger partial charge on any atom is 0.257 e. The van der Waals surface area contributed by atoms with E-state index in [4.69, 9.17) is 0 Å². The minimum atomic E-state index is -1.66. The highest BCUT2D eigenvalue weighted by atomic mass is 19.2. The molecule has 0 radical (unpaired) electrons. The van der Waals surface area contributed by atoms with Crippen LogP contribution in [0.5, 0.6) is 0 Å². The summed E-state index contributed by atoms with van der Waals surface area (Å²) < 4.78 is 39.6. The maximum atomic E-state index is 13.6. The van der Waals surface area contributed by atoms with Crippen LogP contribution in [0, 0.1) is 17.5 Å². The third-order valence-electron chi connectivity index (χ3n) is 3.65. The summed E-state index contributed by atoms with van der Waals surface area (Å²) in [6.45, 7) is 3.52. The van der Waals surface area contributed by atoms with Crippen LogP contribution in [0.3, 0.4) is 0 Å². The van der Waals surface area contributed by atoms with Crippen LogP contribution in [0.4, 0.5) is 13.2 Å². The summed E-state index contributed by atoms with van der Waals surface area (Å²) >= 11 is 0. The SMILES string of the molecule is CC1(C)C(O)CCN1C(=O)c1ccc(F)c(F)c1F. The second kappa shape index (κ2) is 4.52. The highest BCUT2D eigenvalue weighted by molar-refractivity contribution is 5.95. The van der Waals surface area contributed by atoms with Crippen LogP contribution in [-0.4, -0.2) is 34.1 Å². The van der Waals surface area contributed by atoms with Crippen LogP contribution in [0.15, 0.2) is 12.1 Å². The van der Waals surface area contributed by atoms with Gasteiger partial charge >= 0.3 is 0 Å². The molecule has 6 heteroatoms. The van der Waals surface area contributed by atoms with Gasteiger partial charge in [-0.15, -0.1) is 0 Å². The number of halogens is 3. The molecule has 104 valence electrons. The van der Waals surface area contributed by atoms with Gasteiger partial charge in [-0.3, -0.25) is 4.79 Å². The summed E-state index contributed by atoms with van der Waals surface area (Å²) in [6.07, 6.45) is -0.367. The number of nitrogens with zero attached hydrogens (tertiary/aromatic N) is 1. The third-order valence-corrected chi connectivity index (χ3v) is 3.65. The summed E-state index contributed by atoms with van der Waals surface area (Å²) in [5.41, 5.74) is -1.39. The second-order valence-corrected chi connectivity index (χ2v) is 5.14. The molecule has 3 nitrogen and oxygen atoms in total. The van der Waals surface area contributed by atoms with E-state index in [9.17, 15) is 23.1 Å². The molecular formula is C13H14F3NO2. The van der Waals surface area contributed by atoms with E-state index in [1.165, 1.54) is 4.90 Å². The summed E-state index contributed by atoms with van der Waals surface area (Å²) in [4.78, 5) is 13.4. The molecule has 19 heavy (non-hydrogen) atoms. The van der Waals surface area contributed by atoms with Crippen molar-refractivity contribution in [1.82, 2.24) is 4.90 Å². The number of amides is 1.